The Bertz CT molecular complexity index is 472. The second-order valence-electron chi connectivity index (χ2n) is 5.31. The standard InChI is InChI=1S/C15H22N2O4/c1-2-14(19)17-7-3-5-11(10-17)15(20)16-9-12(18)13-6-4-8-21-13/h4,6,8,11-12,18H,2-3,5,7,9-10H2,1H3,(H,16,20). The second-order valence-corrected chi connectivity index (χ2v) is 5.31. The minimum atomic E-state index is -0.846. The van der Waals surface area contributed by atoms with Crippen LogP contribution in [0.15, 0.2) is 22.8 Å². The summed E-state index contributed by atoms with van der Waals surface area (Å²) in [6.45, 7) is 3.14. The topological polar surface area (TPSA) is 82.8 Å². The fourth-order valence-electron chi connectivity index (χ4n) is 2.56. The first kappa shape index (κ1) is 15.6. The summed E-state index contributed by atoms with van der Waals surface area (Å²) in [6, 6.07) is 3.36. The number of hydrogen-bond acceptors (Lipinski definition) is 4. The van der Waals surface area contributed by atoms with E-state index in [0.717, 1.165) is 19.4 Å². The molecule has 2 N–H and O–H groups in total. The molecule has 6 nitrogen and oxygen atoms in total. The summed E-state index contributed by atoms with van der Waals surface area (Å²) in [5.74, 6) is 0.206. The van der Waals surface area contributed by atoms with E-state index in [1.807, 2.05) is 6.92 Å². The van der Waals surface area contributed by atoms with E-state index in [2.05, 4.69) is 5.32 Å². The number of carbonyl (C=O) groups excluding carboxylic acids is 2. The summed E-state index contributed by atoms with van der Waals surface area (Å²) >= 11 is 0. The number of aliphatic hydroxyl groups excluding tert-OH is 1. The van der Waals surface area contributed by atoms with Crippen LogP contribution in [0, 0.1) is 5.92 Å². The van der Waals surface area contributed by atoms with Gasteiger partial charge < -0.3 is 19.7 Å². The lowest BCUT2D eigenvalue weighted by Crippen LogP contribution is -2.45. The van der Waals surface area contributed by atoms with Gasteiger partial charge in [-0.25, -0.2) is 0 Å². The molecule has 0 aromatic carbocycles. The van der Waals surface area contributed by atoms with E-state index in [4.69, 9.17) is 4.42 Å². The van der Waals surface area contributed by atoms with Crippen LogP contribution in [-0.2, 0) is 9.59 Å². The zero-order valence-corrected chi connectivity index (χ0v) is 12.2. The van der Waals surface area contributed by atoms with Crippen LogP contribution in [0.4, 0.5) is 0 Å². The summed E-state index contributed by atoms with van der Waals surface area (Å²) < 4.78 is 5.08. The van der Waals surface area contributed by atoms with E-state index in [9.17, 15) is 14.7 Å². The highest BCUT2D eigenvalue weighted by atomic mass is 16.4. The molecule has 1 saturated heterocycles. The van der Waals surface area contributed by atoms with E-state index in [1.54, 1.807) is 17.0 Å². The number of rotatable bonds is 5. The molecule has 0 radical (unpaired) electrons. The van der Waals surface area contributed by atoms with Gasteiger partial charge in [0.1, 0.15) is 11.9 Å². The third kappa shape index (κ3) is 4.07. The van der Waals surface area contributed by atoms with Crippen LogP contribution in [0.25, 0.3) is 0 Å². The summed E-state index contributed by atoms with van der Waals surface area (Å²) in [4.78, 5) is 25.6. The van der Waals surface area contributed by atoms with Crippen molar-refractivity contribution in [1.29, 1.82) is 0 Å². The third-order valence-electron chi connectivity index (χ3n) is 3.79. The lowest BCUT2D eigenvalue weighted by Gasteiger charge is -2.32. The molecule has 0 bridgehead atoms. The van der Waals surface area contributed by atoms with Gasteiger partial charge in [-0.15, -0.1) is 0 Å². The first-order valence-electron chi connectivity index (χ1n) is 7.38. The number of amides is 2. The minimum Gasteiger partial charge on any atom is -0.467 e. The summed E-state index contributed by atoms with van der Waals surface area (Å²) in [7, 11) is 0. The number of hydrogen-bond donors (Lipinski definition) is 2. The molecule has 1 aliphatic heterocycles. The predicted molar refractivity (Wildman–Crippen MR) is 76.3 cm³/mol. The van der Waals surface area contributed by atoms with Crippen molar-refractivity contribution in [3.63, 3.8) is 0 Å². The summed E-state index contributed by atoms with van der Waals surface area (Å²) in [5, 5.41) is 12.6. The van der Waals surface area contributed by atoms with Gasteiger partial charge in [0.25, 0.3) is 0 Å². The second kappa shape index (κ2) is 7.26. The number of nitrogens with zero attached hydrogens (tertiary/aromatic N) is 1. The molecule has 0 aliphatic carbocycles. The maximum atomic E-state index is 12.1. The molecule has 2 atom stereocenters. The van der Waals surface area contributed by atoms with Gasteiger partial charge in [-0.05, 0) is 25.0 Å². The molecule has 2 amide bonds. The van der Waals surface area contributed by atoms with Crippen molar-refractivity contribution in [2.24, 2.45) is 5.92 Å². The molecule has 0 saturated carbocycles. The normalized spacial score (nSPS) is 20.1. The van der Waals surface area contributed by atoms with Gasteiger partial charge in [0.15, 0.2) is 0 Å². The van der Waals surface area contributed by atoms with Gasteiger partial charge >= 0.3 is 0 Å². The average molecular weight is 294 g/mol. The number of furan rings is 1. The predicted octanol–water partition coefficient (Wildman–Crippen LogP) is 1.08. The monoisotopic (exact) mass is 294 g/mol. The third-order valence-corrected chi connectivity index (χ3v) is 3.79. The molecule has 21 heavy (non-hydrogen) atoms. The van der Waals surface area contributed by atoms with Crippen LogP contribution in [0.5, 0.6) is 0 Å². The molecular formula is C15H22N2O4. The summed E-state index contributed by atoms with van der Waals surface area (Å²) in [5.41, 5.74) is 0. The highest BCUT2D eigenvalue weighted by Gasteiger charge is 2.28. The Kier molecular flexibility index (Phi) is 5.38. The van der Waals surface area contributed by atoms with Gasteiger partial charge in [0, 0.05) is 19.5 Å². The van der Waals surface area contributed by atoms with Gasteiger partial charge in [-0.3, -0.25) is 9.59 Å². The quantitative estimate of drug-likeness (QED) is 0.851. The zero-order valence-electron chi connectivity index (χ0n) is 12.2. The molecule has 1 aromatic rings. The Labute approximate surface area is 124 Å². The molecular weight excluding hydrogens is 272 g/mol. The van der Waals surface area contributed by atoms with Crippen molar-refractivity contribution >= 4 is 11.8 Å². The molecule has 2 unspecified atom stereocenters. The fourth-order valence-corrected chi connectivity index (χ4v) is 2.56. The number of piperidine rings is 1. The van der Waals surface area contributed by atoms with E-state index in [-0.39, 0.29) is 24.3 Å². The van der Waals surface area contributed by atoms with Gasteiger partial charge in [0.2, 0.25) is 11.8 Å². The molecule has 6 heteroatoms. The van der Waals surface area contributed by atoms with E-state index < -0.39 is 6.10 Å². The minimum absolute atomic E-state index is 0.0862. The highest BCUT2D eigenvalue weighted by molar-refractivity contribution is 5.81. The Morgan fingerprint density at radius 2 is 2.38 bits per heavy atom. The smallest absolute Gasteiger partial charge is 0.225 e. The van der Waals surface area contributed by atoms with Crippen LogP contribution in [0.1, 0.15) is 38.1 Å². The van der Waals surface area contributed by atoms with Gasteiger partial charge in [0.05, 0.1) is 18.7 Å². The van der Waals surface area contributed by atoms with Crippen LogP contribution in [0.3, 0.4) is 0 Å². The Balaban J connectivity index is 1.81. The summed E-state index contributed by atoms with van der Waals surface area (Å²) in [6.07, 6.45) is 2.71. The Morgan fingerprint density at radius 1 is 1.57 bits per heavy atom. The fraction of sp³-hybridized carbons (Fsp3) is 0.600. The molecule has 2 rings (SSSR count). The number of aliphatic hydroxyl groups is 1. The lowest BCUT2D eigenvalue weighted by molar-refractivity contribution is -0.135. The van der Waals surface area contributed by atoms with Gasteiger partial charge in [-0.1, -0.05) is 6.92 Å². The maximum Gasteiger partial charge on any atom is 0.225 e. The highest BCUT2D eigenvalue weighted by Crippen LogP contribution is 2.18. The Hall–Kier alpha value is -1.82. The van der Waals surface area contributed by atoms with Crippen LogP contribution in [-0.4, -0.2) is 41.5 Å². The van der Waals surface area contributed by atoms with E-state index in [0.29, 0.717) is 18.7 Å². The molecule has 116 valence electrons. The average Bonchev–Trinajstić information content (AvgIpc) is 3.06. The maximum absolute atomic E-state index is 12.1. The molecule has 2 heterocycles. The van der Waals surface area contributed by atoms with Crippen molar-refractivity contribution in [3.8, 4) is 0 Å². The molecule has 1 aliphatic rings. The largest absolute Gasteiger partial charge is 0.467 e. The first-order chi connectivity index (χ1) is 10.1. The number of nitrogens with one attached hydrogen (secondary N) is 1. The molecule has 0 spiro atoms. The number of carbonyl (C=O) groups is 2. The molecule has 1 aromatic heterocycles. The van der Waals surface area contributed by atoms with Crippen molar-refractivity contribution in [3.05, 3.63) is 24.2 Å². The first-order valence-corrected chi connectivity index (χ1v) is 7.38. The van der Waals surface area contributed by atoms with Crippen LogP contribution >= 0.6 is 0 Å². The zero-order chi connectivity index (χ0) is 15.2. The van der Waals surface area contributed by atoms with Crippen molar-refractivity contribution in [1.82, 2.24) is 10.2 Å². The van der Waals surface area contributed by atoms with Crippen molar-refractivity contribution in [2.75, 3.05) is 19.6 Å². The van der Waals surface area contributed by atoms with E-state index in [1.165, 1.54) is 6.26 Å². The van der Waals surface area contributed by atoms with Crippen LogP contribution < -0.4 is 5.32 Å². The van der Waals surface area contributed by atoms with Gasteiger partial charge in [-0.2, -0.15) is 0 Å². The van der Waals surface area contributed by atoms with E-state index >= 15 is 0 Å². The lowest BCUT2D eigenvalue weighted by atomic mass is 9.97. The van der Waals surface area contributed by atoms with Crippen LogP contribution in [0.2, 0.25) is 0 Å². The van der Waals surface area contributed by atoms with Crippen molar-refractivity contribution < 1.29 is 19.1 Å². The SMILES string of the molecule is CCC(=O)N1CCCC(C(=O)NCC(O)c2ccco2)C1. The Morgan fingerprint density at radius 3 is 3.05 bits per heavy atom. The number of likely N-dealkylation sites (tertiary alicyclic amines) is 1. The molecule has 1 fully saturated rings. The van der Waals surface area contributed by atoms with Crippen molar-refractivity contribution in [2.45, 2.75) is 32.3 Å².